The Balaban J connectivity index is 1.38. The largest absolute Gasteiger partial charge is 0.368 e. The summed E-state index contributed by atoms with van der Waals surface area (Å²) in [6.07, 6.45) is 2.30. The van der Waals surface area contributed by atoms with Crippen molar-refractivity contribution in [3.8, 4) is 0 Å². The van der Waals surface area contributed by atoms with Gasteiger partial charge >= 0.3 is 0 Å². The van der Waals surface area contributed by atoms with Gasteiger partial charge < -0.3 is 16.0 Å². The SMILES string of the molecule is Cc1ccccc1Nc1nc(N)nc(C[NH+]2CCC[C@@H]2c2nc3ccccc3s2)n1. The van der Waals surface area contributed by atoms with Crippen LogP contribution in [0.5, 0.6) is 0 Å². The number of rotatable bonds is 5. The molecule has 30 heavy (non-hydrogen) atoms. The molecule has 0 amide bonds. The third-order valence-corrected chi connectivity index (χ3v) is 6.72. The van der Waals surface area contributed by atoms with E-state index in [0.29, 0.717) is 24.4 Å². The van der Waals surface area contributed by atoms with E-state index in [1.807, 2.05) is 37.3 Å². The van der Waals surface area contributed by atoms with Crippen LogP contribution >= 0.6 is 11.3 Å². The third-order valence-electron chi connectivity index (χ3n) is 5.57. The molecule has 3 heterocycles. The standard InChI is InChI=1S/C22H23N7S/c1-14-7-2-3-8-15(14)25-22-27-19(26-21(23)28-22)13-29-12-6-10-17(29)20-24-16-9-4-5-11-18(16)30-20/h2-5,7-9,11,17H,6,10,12-13H2,1H3,(H3,23,25,26,27,28)/p+1/t17-/m1/s1. The zero-order chi connectivity index (χ0) is 20.5. The van der Waals surface area contributed by atoms with E-state index in [1.165, 1.54) is 21.0 Å². The lowest BCUT2D eigenvalue weighted by molar-refractivity contribution is -0.932. The lowest BCUT2D eigenvalue weighted by atomic mass is 10.2. The minimum absolute atomic E-state index is 0.242. The first-order chi connectivity index (χ1) is 14.7. The van der Waals surface area contributed by atoms with Gasteiger partial charge in [0.15, 0.2) is 10.8 Å². The average molecular weight is 419 g/mol. The molecular weight excluding hydrogens is 394 g/mol. The molecule has 152 valence electrons. The Labute approximate surface area is 179 Å². The van der Waals surface area contributed by atoms with Crippen molar-refractivity contribution in [2.45, 2.75) is 32.4 Å². The number of likely N-dealkylation sites (tertiary alicyclic amines) is 1. The highest BCUT2D eigenvalue weighted by Crippen LogP contribution is 2.28. The first-order valence-corrected chi connectivity index (χ1v) is 11.0. The molecule has 8 heteroatoms. The average Bonchev–Trinajstić information content (AvgIpc) is 3.35. The van der Waals surface area contributed by atoms with E-state index in [0.717, 1.165) is 29.7 Å². The summed E-state index contributed by atoms with van der Waals surface area (Å²) < 4.78 is 1.24. The smallest absolute Gasteiger partial charge is 0.232 e. The number of aryl methyl sites for hydroxylation is 1. The zero-order valence-electron chi connectivity index (χ0n) is 16.8. The van der Waals surface area contributed by atoms with Gasteiger partial charge in [-0.1, -0.05) is 30.3 Å². The molecular formula is C22H24N7S+. The number of para-hydroxylation sites is 2. The van der Waals surface area contributed by atoms with Crippen molar-refractivity contribution in [1.82, 2.24) is 19.9 Å². The Hall–Kier alpha value is -3.10. The third kappa shape index (κ3) is 3.83. The molecule has 5 rings (SSSR count). The number of quaternary nitrogens is 1. The van der Waals surface area contributed by atoms with Gasteiger partial charge in [0.25, 0.3) is 0 Å². The van der Waals surface area contributed by atoms with Crippen LogP contribution in [0.1, 0.15) is 35.3 Å². The number of nitrogen functional groups attached to an aromatic ring is 1. The predicted molar refractivity (Wildman–Crippen MR) is 120 cm³/mol. The number of nitrogens with two attached hydrogens (primary N) is 1. The fraction of sp³-hybridized carbons (Fsp3) is 0.273. The summed E-state index contributed by atoms with van der Waals surface area (Å²) >= 11 is 1.80. The number of nitrogens with one attached hydrogen (secondary N) is 2. The van der Waals surface area contributed by atoms with Crippen LogP contribution in [0.4, 0.5) is 17.6 Å². The van der Waals surface area contributed by atoms with Crippen molar-refractivity contribution in [3.05, 3.63) is 64.9 Å². The molecule has 0 saturated carbocycles. The van der Waals surface area contributed by atoms with Crippen molar-refractivity contribution in [1.29, 1.82) is 0 Å². The second-order valence-corrected chi connectivity index (χ2v) is 8.74. The van der Waals surface area contributed by atoms with Gasteiger partial charge in [-0.3, -0.25) is 0 Å². The topological polar surface area (TPSA) is 94.0 Å². The van der Waals surface area contributed by atoms with Gasteiger partial charge in [-0.2, -0.15) is 15.0 Å². The number of fused-ring (bicyclic) bond motifs is 1. The minimum atomic E-state index is 0.242. The highest BCUT2D eigenvalue weighted by molar-refractivity contribution is 7.18. The van der Waals surface area contributed by atoms with Gasteiger partial charge in [0.05, 0.1) is 16.8 Å². The molecule has 2 aromatic carbocycles. The van der Waals surface area contributed by atoms with E-state index in [9.17, 15) is 0 Å². The first kappa shape index (κ1) is 18.9. The van der Waals surface area contributed by atoms with E-state index in [1.54, 1.807) is 11.3 Å². The molecule has 1 aliphatic heterocycles. The van der Waals surface area contributed by atoms with Crippen LogP contribution in [0.2, 0.25) is 0 Å². The second-order valence-electron chi connectivity index (χ2n) is 7.67. The molecule has 4 aromatic rings. The van der Waals surface area contributed by atoms with Gasteiger partial charge in [-0.05, 0) is 30.7 Å². The van der Waals surface area contributed by atoms with E-state index in [-0.39, 0.29) is 5.95 Å². The molecule has 1 aliphatic rings. The molecule has 7 nitrogen and oxygen atoms in total. The zero-order valence-corrected chi connectivity index (χ0v) is 17.6. The first-order valence-electron chi connectivity index (χ1n) is 10.2. The molecule has 4 N–H and O–H groups in total. The molecule has 1 fully saturated rings. The Morgan fingerprint density at radius 2 is 1.90 bits per heavy atom. The van der Waals surface area contributed by atoms with Crippen LogP contribution in [0.25, 0.3) is 10.2 Å². The van der Waals surface area contributed by atoms with Gasteiger partial charge in [0, 0.05) is 18.5 Å². The number of hydrogen-bond donors (Lipinski definition) is 3. The maximum absolute atomic E-state index is 6.00. The van der Waals surface area contributed by atoms with Gasteiger partial charge in [-0.25, -0.2) is 4.98 Å². The summed E-state index contributed by atoms with van der Waals surface area (Å²) in [6.45, 7) is 3.83. The Morgan fingerprint density at radius 3 is 2.77 bits per heavy atom. The number of nitrogens with zero attached hydrogens (tertiary/aromatic N) is 4. The second kappa shape index (κ2) is 7.97. The Kier molecular flexibility index (Phi) is 5.02. The molecule has 0 bridgehead atoms. The highest BCUT2D eigenvalue weighted by Gasteiger charge is 2.33. The molecule has 1 unspecified atom stereocenters. The van der Waals surface area contributed by atoms with Crippen LogP contribution in [-0.4, -0.2) is 26.5 Å². The van der Waals surface area contributed by atoms with Crippen LogP contribution in [-0.2, 0) is 6.54 Å². The predicted octanol–water partition coefficient (Wildman–Crippen LogP) is 3.04. The monoisotopic (exact) mass is 418 g/mol. The summed E-state index contributed by atoms with van der Waals surface area (Å²) in [6, 6.07) is 16.7. The maximum atomic E-state index is 6.00. The summed E-state index contributed by atoms with van der Waals surface area (Å²) in [5.41, 5.74) is 9.17. The molecule has 0 spiro atoms. The van der Waals surface area contributed by atoms with E-state index in [2.05, 4.69) is 38.5 Å². The number of thiazole rings is 1. The van der Waals surface area contributed by atoms with Crippen molar-refractivity contribution in [2.75, 3.05) is 17.6 Å². The van der Waals surface area contributed by atoms with Gasteiger partial charge in [-0.15, -0.1) is 11.3 Å². The number of benzene rings is 2. The van der Waals surface area contributed by atoms with E-state index >= 15 is 0 Å². The summed E-state index contributed by atoms with van der Waals surface area (Å²) in [7, 11) is 0. The summed E-state index contributed by atoms with van der Waals surface area (Å²) in [4.78, 5) is 19.7. The van der Waals surface area contributed by atoms with Crippen LogP contribution in [0.3, 0.4) is 0 Å². The van der Waals surface area contributed by atoms with E-state index in [4.69, 9.17) is 10.7 Å². The van der Waals surface area contributed by atoms with Crippen molar-refractivity contribution < 1.29 is 4.90 Å². The number of aromatic nitrogens is 4. The van der Waals surface area contributed by atoms with Gasteiger partial charge in [0.2, 0.25) is 11.9 Å². The highest BCUT2D eigenvalue weighted by atomic mass is 32.1. The van der Waals surface area contributed by atoms with Crippen molar-refractivity contribution >= 4 is 39.1 Å². The van der Waals surface area contributed by atoms with Gasteiger partial charge in [0.1, 0.15) is 12.6 Å². The lowest BCUT2D eigenvalue weighted by Gasteiger charge is -2.19. The van der Waals surface area contributed by atoms with Crippen LogP contribution in [0.15, 0.2) is 48.5 Å². The normalized spacial score (nSPS) is 18.7. The maximum Gasteiger partial charge on any atom is 0.232 e. The van der Waals surface area contributed by atoms with Crippen molar-refractivity contribution in [2.24, 2.45) is 0 Å². The number of anilines is 3. The Bertz CT molecular complexity index is 1160. The molecule has 2 aromatic heterocycles. The Morgan fingerprint density at radius 1 is 1.07 bits per heavy atom. The van der Waals surface area contributed by atoms with Crippen LogP contribution in [0, 0.1) is 6.92 Å². The fourth-order valence-corrected chi connectivity index (χ4v) is 5.23. The summed E-state index contributed by atoms with van der Waals surface area (Å²) in [5, 5.41) is 4.48. The summed E-state index contributed by atoms with van der Waals surface area (Å²) in [5.74, 6) is 1.44. The quantitative estimate of drug-likeness (QED) is 0.461. The van der Waals surface area contributed by atoms with Crippen LogP contribution < -0.4 is 16.0 Å². The minimum Gasteiger partial charge on any atom is -0.368 e. The van der Waals surface area contributed by atoms with E-state index < -0.39 is 0 Å². The van der Waals surface area contributed by atoms with Crippen molar-refractivity contribution in [3.63, 3.8) is 0 Å². The molecule has 2 atom stereocenters. The number of hydrogen-bond acceptors (Lipinski definition) is 7. The molecule has 0 radical (unpaired) electrons. The fourth-order valence-electron chi connectivity index (χ4n) is 4.07. The molecule has 1 saturated heterocycles. The lowest BCUT2D eigenvalue weighted by Crippen LogP contribution is -3.09. The molecule has 0 aliphatic carbocycles.